The second kappa shape index (κ2) is 16.1. The average molecular weight is 552 g/mol. The van der Waals surface area contributed by atoms with Crippen LogP contribution < -0.4 is 33.2 Å². The number of phenols is 1. The predicted molar refractivity (Wildman–Crippen MR) is 144 cm³/mol. The number of carboxylic acids is 1. The molecule has 12 N–H and O–H groups in total. The van der Waals surface area contributed by atoms with Crippen LogP contribution in [-0.2, 0) is 25.6 Å². The molecule has 6 atom stereocenters. The van der Waals surface area contributed by atoms with E-state index in [1.165, 1.54) is 19.1 Å². The summed E-state index contributed by atoms with van der Waals surface area (Å²) in [6.45, 7) is 5.07. The zero-order chi connectivity index (χ0) is 29.7. The Morgan fingerprint density at radius 1 is 0.949 bits per heavy atom. The molecule has 0 aromatic heterocycles. The summed E-state index contributed by atoms with van der Waals surface area (Å²) in [6.07, 6.45) is -0.252. The Morgan fingerprint density at radius 2 is 1.54 bits per heavy atom. The molecule has 218 valence electrons. The van der Waals surface area contributed by atoms with Crippen molar-refractivity contribution in [2.24, 2.45) is 28.1 Å². The minimum absolute atomic E-state index is 0.00184. The molecular weight excluding hydrogens is 510 g/mol. The van der Waals surface area contributed by atoms with E-state index in [0.717, 1.165) is 0 Å². The van der Waals surface area contributed by atoms with Crippen LogP contribution in [0, 0.1) is 5.92 Å². The van der Waals surface area contributed by atoms with E-state index in [1.54, 1.807) is 19.1 Å². The van der Waals surface area contributed by atoms with Gasteiger partial charge in [0.1, 0.15) is 17.8 Å². The van der Waals surface area contributed by atoms with Crippen molar-refractivity contribution in [2.45, 2.75) is 76.7 Å². The number of rotatable bonds is 16. The number of nitrogens with two attached hydrogens (primary N) is 3. The summed E-state index contributed by atoms with van der Waals surface area (Å²) in [5.41, 5.74) is 17.1. The van der Waals surface area contributed by atoms with Crippen LogP contribution in [0.5, 0.6) is 5.75 Å². The Labute approximate surface area is 227 Å². The van der Waals surface area contributed by atoms with Gasteiger partial charge in [-0.2, -0.15) is 0 Å². The number of nitrogens with one attached hydrogen (secondary N) is 3. The number of benzene rings is 1. The lowest BCUT2D eigenvalue weighted by molar-refractivity contribution is -0.145. The fourth-order valence-electron chi connectivity index (χ4n) is 3.59. The lowest BCUT2D eigenvalue weighted by Gasteiger charge is -2.28. The fourth-order valence-corrected chi connectivity index (χ4v) is 3.59. The summed E-state index contributed by atoms with van der Waals surface area (Å²) < 4.78 is 0. The number of carbonyl (C=O) groups is 4. The Balaban J connectivity index is 3.10. The highest BCUT2D eigenvalue weighted by atomic mass is 16.4. The van der Waals surface area contributed by atoms with Gasteiger partial charge in [-0.15, -0.1) is 0 Å². The van der Waals surface area contributed by atoms with Crippen molar-refractivity contribution in [3.8, 4) is 5.75 Å². The topological polar surface area (TPSA) is 255 Å². The maximum atomic E-state index is 13.4. The molecule has 0 aliphatic heterocycles. The van der Waals surface area contributed by atoms with Gasteiger partial charge in [0.2, 0.25) is 17.7 Å². The van der Waals surface area contributed by atoms with Crippen LogP contribution in [0.3, 0.4) is 0 Å². The van der Waals surface area contributed by atoms with Gasteiger partial charge in [0.15, 0.2) is 12.0 Å². The molecule has 14 heteroatoms. The van der Waals surface area contributed by atoms with Gasteiger partial charge in [-0.1, -0.05) is 32.4 Å². The van der Waals surface area contributed by atoms with Gasteiger partial charge < -0.3 is 48.5 Å². The maximum absolute atomic E-state index is 13.4. The fraction of sp³-hybridized carbons (Fsp3) is 0.560. The Bertz CT molecular complexity index is 997. The molecule has 0 aliphatic carbocycles. The van der Waals surface area contributed by atoms with Gasteiger partial charge >= 0.3 is 5.97 Å². The lowest BCUT2D eigenvalue weighted by Crippen LogP contribution is -2.60. The Kier molecular flexibility index (Phi) is 13.7. The van der Waals surface area contributed by atoms with Crippen molar-refractivity contribution in [3.63, 3.8) is 0 Å². The summed E-state index contributed by atoms with van der Waals surface area (Å²) in [5.74, 6) is -3.96. The largest absolute Gasteiger partial charge is 0.508 e. The van der Waals surface area contributed by atoms with Gasteiger partial charge in [-0.05, 0) is 43.4 Å². The van der Waals surface area contributed by atoms with Crippen molar-refractivity contribution in [1.29, 1.82) is 0 Å². The van der Waals surface area contributed by atoms with Crippen LogP contribution in [0.15, 0.2) is 29.3 Å². The number of amides is 3. The molecule has 0 saturated heterocycles. The van der Waals surface area contributed by atoms with E-state index in [-0.39, 0.29) is 37.0 Å². The first-order valence-electron chi connectivity index (χ1n) is 12.7. The minimum Gasteiger partial charge on any atom is -0.508 e. The lowest BCUT2D eigenvalue weighted by atomic mass is 9.96. The Hall–Kier alpha value is -3.91. The molecule has 0 fully saturated rings. The molecule has 14 nitrogen and oxygen atoms in total. The third kappa shape index (κ3) is 11.6. The molecule has 0 saturated carbocycles. The van der Waals surface area contributed by atoms with Crippen LogP contribution in [-0.4, -0.2) is 81.8 Å². The number of aliphatic hydroxyl groups is 1. The number of phenolic OH excluding ortho intramolecular Hbond substituents is 1. The smallest absolute Gasteiger partial charge is 0.328 e. The molecule has 39 heavy (non-hydrogen) atoms. The van der Waals surface area contributed by atoms with Gasteiger partial charge in [-0.25, -0.2) is 4.79 Å². The summed E-state index contributed by atoms with van der Waals surface area (Å²) >= 11 is 0. The quantitative estimate of drug-likeness (QED) is 0.0638. The second-order valence-electron chi connectivity index (χ2n) is 9.42. The van der Waals surface area contributed by atoms with Gasteiger partial charge in [0, 0.05) is 13.0 Å². The zero-order valence-electron chi connectivity index (χ0n) is 22.5. The number of aliphatic hydroxyl groups excluding tert-OH is 1. The first kappa shape index (κ1) is 33.1. The highest BCUT2D eigenvalue weighted by Gasteiger charge is 2.33. The number of hydrogen-bond donors (Lipinski definition) is 9. The highest BCUT2D eigenvalue weighted by molar-refractivity contribution is 5.94. The molecule has 3 amide bonds. The molecule has 1 aromatic rings. The first-order valence-corrected chi connectivity index (χ1v) is 12.7. The number of carboxylic acid groups (broad SMARTS) is 1. The van der Waals surface area contributed by atoms with Crippen molar-refractivity contribution in [3.05, 3.63) is 29.8 Å². The number of aliphatic carboxylic acids is 1. The van der Waals surface area contributed by atoms with Crippen LogP contribution >= 0.6 is 0 Å². The van der Waals surface area contributed by atoms with E-state index in [0.29, 0.717) is 18.4 Å². The monoisotopic (exact) mass is 551 g/mol. The van der Waals surface area contributed by atoms with Crippen molar-refractivity contribution in [1.82, 2.24) is 16.0 Å². The molecule has 0 radical (unpaired) electrons. The zero-order valence-corrected chi connectivity index (χ0v) is 22.5. The van der Waals surface area contributed by atoms with Crippen molar-refractivity contribution < 1.29 is 34.5 Å². The first-order chi connectivity index (χ1) is 18.3. The SMILES string of the molecule is CCC(C)C(NC(=O)C(N)CCCN=C(N)N)C(=O)NC(Cc1ccc(O)cc1)C(=O)NC(C(=O)O)C(C)O. The van der Waals surface area contributed by atoms with Crippen LogP contribution in [0.1, 0.15) is 45.6 Å². The number of aromatic hydroxyl groups is 1. The summed E-state index contributed by atoms with van der Waals surface area (Å²) in [6, 6.07) is 1.03. The number of aliphatic imine (C=N–C) groups is 1. The van der Waals surface area contributed by atoms with E-state index in [9.17, 15) is 34.5 Å². The van der Waals surface area contributed by atoms with Gasteiger partial charge in [0.25, 0.3) is 0 Å². The number of hydrogen-bond acceptors (Lipinski definition) is 8. The van der Waals surface area contributed by atoms with Crippen molar-refractivity contribution in [2.75, 3.05) is 6.54 Å². The summed E-state index contributed by atoms with van der Waals surface area (Å²) in [4.78, 5) is 54.5. The third-order valence-electron chi connectivity index (χ3n) is 6.15. The third-order valence-corrected chi connectivity index (χ3v) is 6.15. The van der Waals surface area contributed by atoms with Crippen LogP contribution in [0.4, 0.5) is 0 Å². The molecular formula is C25H41N7O7. The van der Waals surface area contributed by atoms with Crippen LogP contribution in [0.25, 0.3) is 0 Å². The standard InChI is InChI=1S/C25H41N7O7/c1-4-13(2)19(31-21(35)17(26)6-5-11-29-25(27)28)23(37)30-18(12-15-7-9-16(34)10-8-15)22(36)32-20(14(3)33)24(38)39/h7-10,13-14,17-20,33-34H,4-6,11-12,26H2,1-3H3,(H,30,37)(H,31,35)(H,32,36)(H,38,39)(H4,27,28,29). The van der Waals surface area contributed by atoms with E-state index in [2.05, 4.69) is 20.9 Å². The average Bonchev–Trinajstić information content (AvgIpc) is 2.87. The molecule has 0 aliphatic rings. The summed E-state index contributed by atoms with van der Waals surface area (Å²) in [7, 11) is 0. The summed E-state index contributed by atoms with van der Waals surface area (Å²) in [5, 5.41) is 36.2. The maximum Gasteiger partial charge on any atom is 0.328 e. The van der Waals surface area contributed by atoms with Crippen LogP contribution in [0.2, 0.25) is 0 Å². The molecule has 6 unspecified atom stereocenters. The van der Waals surface area contributed by atoms with Gasteiger partial charge in [-0.3, -0.25) is 19.4 Å². The van der Waals surface area contributed by atoms with Gasteiger partial charge in [0.05, 0.1) is 12.1 Å². The van der Waals surface area contributed by atoms with E-state index >= 15 is 0 Å². The minimum atomic E-state index is -1.61. The molecule has 0 heterocycles. The van der Waals surface area contributed by atoms with E-state index in [4.69, 9.17) is 17.2 Å². The number of carbonyl (C=O) groups excluding carboxylic acids is 3. The highest BCUT2D eigenvalue weighted by Crippen LogP contribution is 2.14. The Morgan fingerprint density at radius 3 is 2.05 bits per heavy atom. The molecule has 0 bridgehead atoms. The number of nitrogens with zero attached hydrogens (tertiary/aromatic N) is 1. The molecule has 1 aromatic carbocycles. The molecule has 1 rings (SSSR count). The normalized spacial score (nSPS) is 15.5. The second-order valence-corrected chi connectivity index (χ2v) is 9.42. The van der Waals surface area contributed by atoms with Crippen molar-refractivity contribution >= 4 is 29.7 Å². The van der Waals surface area contributed by atoms with E-state index in [1.807, 2.05) is 6.92 Å². The molecule has 0 spiro atoms. The van der Waals surface area contributed by atoms with E-state index < -0.39 is 54.0 Å². The predicted octanol–water partition coefficient (Wildman–Crippen LogP) is -1.72. The number of guanidine groups is 1.